The molecule has 0 radical (unpaired) electrons. The van der Waals surface area contributed by atoms with Crippen LogP contribution in [0.3, 0.4) is 0 Å². The van der Waals surface area contributed by atoms with Crippen molar-refractivity contribution >= 4 is 68.8 Å². The number of carbonyl (C=O) groups is 8. The first-order chi connectivity index (χ1) is 52.2. The molecule has 0 spiro atoms. The van der Waals surface area contributed by atoms with Crippen molar-refractivity contribution in [3.8, 4) is 17.2 Å². The fraction of sp³-hybridized carbons (Fsp3) is 0.563. The number of carbonyl (C=O) groups excluding carboxylic acids is 7. The first kappa shape index (κ1) is 95.9. The molecular weight excluding hydrogens is 1550 g/mol. The van der Waals surface area contributed by atoms with Gasteiger partial charge in [-0.1, -0.05) is 96.1 Å². The van der Waals surface area contributed by atoms with Crippen molar-refractivity contribution < 1.29 is 128 Å². The van der Waals surface area contributed by atoms with E-state index in [9.17, 15) is 55.3 Å². The van der Waals surface area contributed by atoms with Gasteiger partial charge in [0.2, 0.25) is 0 Å². The van der Waals surface area contributed by atoms with Crippen LogP contribution in [-0.4, -0.2) is 112 Å². The second-order valence-corrected chi connectivity index (χ2v) is 36.4. The molecule has 3 heterocycles. The van der Waals surface area contributed by atoms with Gasteiger partial charge in [-0.2, -0.15) is 8.78 Å². The molecule has 113 heavy (non-hydrogen) atoms. The molecule has 12 rings (SSSR count). The number of carboxylic acids is 2. The Morgan fingerprint density at radius 3 is 1.38 bits per heavy atom. The number of phenolic OH excluding ortho intramolecular Hbond substituents is 1. The molecule has 7 aliphatic rings. The number of hydrogen-bond acceptors (Lipinski definition) is 20. The zero-order valence-corrected chi connectivity index (χ0v) is 73.2. The third kappa shape index (κ3) is 24.2. The summed E-state index contributed by atoms with van der Waals surface area (Å²) < 4.78 is 94.3. The number of benzene rings is 5. The number of alkyl halides is 2. The van der Waals surface area contributed by atoms with Gasteiger partial charge in [-0.3, -0.25) is 28.8 Å². The van der Waals surface area contributed by atoms with Gasteiger partial charge in [0.15, 0.2) is 43.1 Å². The smallest absolute Gasteiger partial charge is 0.743 e. The number of rotatable bonds is 22. The number of fused-ring (bicyclic) bond motifs is 10. The Hall–Kier alpha value is -7.64. The van der Waals surface area contributed by atoms with Gasteiger partial charge in [-0.05, 0) is 275 Å². The fourth-order valence-electron chi connectivity index (χ4n) is 14.3. The summed E-state index contributed by atoms with van der Waals surface area (Å²) in [4.78, 5) is 94.8. The van der Waals surface area contributed by atoms with Crippen LogP contribution in [0.2, 0.25) is 0 Å². The van der Waals surface area contributed by atoms with Gasteiger partial charge >= 0.3 is 66.5 Å². The van der Waals surface area contributed by atoms with Gasteiger partial charge in [0, 0.05) is 11.9 Å². The minimum Gasteiger partial charge on any atom is -0.743 e. The monoisotopic (exact) mass is 1660 g/mol. The number of halogens is 2. The summed E-state index contributed by atoms with van der Waals surface area (Å²) in [5, 5.41) is 22.0. The van der Waals surface area contributed by atoms with Crippen LogP contribution in [0.4, 0.5) is 8.78 Å². The number of carboxylic acid groups (broad SMARTS) is 2. The van der Waals surface area contributed by atoms with Crippen molar-refractivity contribution in [1.29, 1.82) is 0 Å². The molecule has 4 saturated carbocycles. The predicted octanol–water partition coefficient (Wildman–Crippen LogP) is 16.4. The number of ether oxygens (including phenoxy) is 7. The third-order valence-electron chi connectivity index (χ3n) is 23.4. The Morgan fingerprint density at radius 2 is 0.973 bits per heavy atom. The Balaban J connectivity index is 0.000000240. The van der Waals surface area contributed by atoms with E-state index in [2.05, 4.69) is 110 Å². The number of aliphatic carboxylic acids is 1. The topological polar surface area (TPSA) is 322 Å². The van der Waals surface area contributed by atoms with Gasteiger partial charge in [0.1, 0.15) is 29.0 Å². The molecule has 4 aliphatic carbocycles. The van der Waals surface area contributed by atoms with Crippen molar-refractivity contribution in [2.75, 3.05) is 0 Å². The molecule has 5 aromatic rings. The maximum absolute atomic E-state index is 13.0. The van der Waals surface area contributed by atoms with Crippen LogP contribution in [-0.2, 0) is 97.7 Å². The third-order valence-corrected chi connectivity index (χ3v) is 26.6. The Labute approximate surface area is 681 Å². The summed E-state index contributed by atoms with van der Waals surface area (Å²) in [5.41, 5.74) is -2.83. The standard InChI is InChI=1S/C20H32O2.C18H15S.C13H18O5.C13H16O4.C12H16O3.C9H16F2O5S.C2H4O2.Zn/c1-5-19(3,4)18(21)22-20(6-2)11-14-10-15(20)17-13-8-7-12(9-13)16(14)17;1-4-10-16(11-5-1)19(17-12-6-2-7-13-17)18-14-8-3-9-15-18;1-4-13(2,3)12(15)18-9-7-5-6-8(16-7)10(9)17-11(6)14;1-4-13(2,3)12(16)17-10-7-5-9(6-8-10)11(14)15;1-4-12(2,3)11(14)15-10-7-5-9(13)6-8-10;1-5-8(3,4)7(12)16-6(2)9(10,11)17(13,14)15;1-2(3)4;/h12-17H,5-11H2,1-4H3;1-15H;6-10H,4-5H2,1-3H3;5-8H,4H2,1-3H3,(H,14,15);5-8,13H,4H2,1-3H3;6H,5H2,1-4H3,(H,13,14,15);1H3,(H,3,4);/q;+1;;;;;;+2/p-2. The molecule has 26 heteroatoms. The summed E-state index contributed by atoms with van der Waals surface area (Å²) in [6, 6.07) is 44.0. The Bertz CT molecular complexity index is 4010. The summed E-state index contributed by atoms with van der Waals surface area (Å²) in [6.07, 6.45) is 8.34. The molecule has 0 aromatic heterocycles. The molecule has 21 nitrogen and oxygen atoms in total. The van der Waals surface area contributed by atoms with Gasteiger partial charge in [-0.15, -0.1) is 0 Å². The van der Waals surface area contributed by atoms with Gasteiger partial charge in [0.25, 0.3) is 0 Å². The summed E-state index contributed by atoms with van der Waals surface area (Å²) >= 11 is 0. The normalized spacial score (nSPS) is 23.5. The van der Waals surface area contributed by atoms with Crippen LogP contribution in [0, 0.1) is 68.5 Å². The zero-order valence-electron chi connectivity index (χ0n) is 68.6. The van der Waals surface area contributed by atoms with E-state index in [-0.39, 0.29) is 101 Å². The molecule has 5 aromatic carbocycles. The molecule has 3 aliphatic heterocycles. The summed E-state index contributed by atoms with van der Waals surface area (Å²) in [5.74, 6) is 2.15. The van der Waals surface area contributed by atoms with Crippen molar-refractivity contribution in [1.82, 2.24) is 0 Å². The molecule has 7 fully saturated rings. The fourth-order valence-corrected chi connectivity index (χ4v) is 16.9. The molecule has 13 atom stereocenters. The van der Waals surface area contributed by atoms with E-state index < -0.39 is 73.3 Å². The van der Waals surface area contributed by atoms with Crippen molar-refractivity contribution in [3.05, 3.63) is 145 Å². The summed E-state index contributed by atoms with van der Waals surface area (Å²) in [7, 11) is -5.87. The van der Waals surface area contributed by atoms with E-state index >= 15 is 0 Å². The predicted molar refractivity (Wildman–Crippen MR) is 415 cm³/mol. The molecular formula is C87H115F2O21S2Zn+. The van der Waals surface area contributed by atoms with Crippen LogP contribution < -0.4 is 14.6 Å². The van der Waals surface area contributed by atoms with Crippen molar-refractivity contribution in [2.45, 2.75) is 258 Å². The van der Waals surface area contributed by atoms with E-state index in [1.165, 1.54) is 90.6 Å². The molecule has 2 N–H and O–H groups in total. The number of aromatic hydroxyl groups is 1. The van der Waals surface area contributed by atoms with Crippen LogP contribution in [0.25, 0.3) is 0 Å². The zero-order chi connectivity index (χ0) is 83.9. The average Bonchev–Trinajstić information content (AvgIpc) is 1.53. The second kappa shape index (κ2) is 40.3. The van der Waals surface area contributed by atoms with E-state index in [0.29, 0.717) is 50.0 Å². The Kier molecular flexibility index (Phi) is 34.2. The van der Waals surface area contributed by atoms with Gasteiger partial charge in [0.05, 0.1) is 55.6 Å². The van der Waals surface area contributed by atoms with Crippen LogP contribution in [0.1, 0.15) is 212 Å². The van der Waals surface area contributed by atoms with Crippen LogP contribution in [0.15, 0.2) is 154 Å². The van der Waals surface area contributed by atoms with E-state index in [4.69, 9.17) is 48.5 Å². The molecule has 616 valence electrons. The van der Waals surface area contributed by atoms with Gasteiger partial charge in [-0.25, -0.2) is 13.2 Å². The van der Waals surface area contributed by atoms with E-state index in [1.54, 1.807) is 32.9 Å². The Morgan fingerprint density at radius 1 is 0.575 bits per heavy atom. The maximum atomic E-state index is 13.0. The molecule has 13 unspecified atom stereocenters. The number of aromatic carboxylic acids is 1. The number of esters is 6. The minimum absolute atomic E-state index is 0. The van der Waals surface area contributed by atoms with Crippen molar-refractivity contribution in [2.24, 2.45) is 68.5 Å². The molecule has 6 bridgehead atoms. The largest absolute Gasteiger partial charge is 2.00 e. The maximum Gasteiger partial charge on any atom is 2.00 e. The van der Waals surface area contributed by atoms with Gasteiger partial charge < -0.3 is 57.8 Å². The molecule has 3 saturated heterocycles. The first-order valence-electron chi connectivity index (χ1n) is 38.7. The first-order valence-corrected chi connectivity index (χ1v) is 41.3. The number of hydrogen-bond donors (Lipinski definition) is 2. The minimum atomic E-state index is -5.86. The summed E-state index contributed by atoms with van der Waals surface area (Å²) in [6.45, 7) is 31.4. The van der Waals surface area contributed by atoms with Crippen LogP contribution in [0.5, 0.6) is 17.2 Å². The molecule has 0 amide bonds. The van der Waals surface area contributed by atoms with Crippen LogP contribution >= 0.6 is 0 Å². The van der Waals surface area contributed by atoms with Crippen molar-refractivity contribution in [3.63, 3.8) is 0 Å². The quantitative estimate of drug-likeness (QED) is 0.0124. The second-order valence-electron chi connectivity index (χ2n) is 32.9. The van der Waals surface area contributed by atoms with E-state index in [1.807, 2.05) is 62.3 Å². The number of phenols is 1. The van der Waals surface area contributed by atoms with E-state index in [0.717, 1.165) is 62.2 Å². The average molecular weight is 1660 g/mol. The SMILES string of the molecule is CC(=O)[O-].CCC(C)(C)C(=O)OC(C)C(F)(F)S(=O)(=O)[O-].CCC(C)(C)C(=O)OC1(CC)CC2CC1C1C3CCC(C3)C21.CCC(C)(C)C(=O)OC1C2CC3C(=O)OC1C3O2.CCC(C)(C)C(=O)Oc1ccc(C(=O)O)cc1.CCC(C)(C)C(=O)Oc1ccc(O)cc1.[Zn+2].c1ccc([S+](c2ccccc2)c2ccccc2)cc1.